The van der Waals surface area contributed by atoms with E-state index in [0.717, 1.165) is 30.6 Å². The van der Waals surface area contributed by atoms with Crippen LogP contribution in [0.15, 0.2) is 6.07 Å². The Kier molecular flexibility index (Phi) is 4.71. The molecule has 0 spiro atoms. The van der Waals surface area contributed by atoms with E-state index in [2.05, 4.69) is 16.4 Å². The second-order valence-corrected chi connectivity index (χ2v) is 5.29. The van der Waals surface area contributed by atoms with Gasteiger partial charge in [0, 0.05) is 18.8 Å². The van der Waals surface area contributed by atoms with Gasteiger partial charge in [0.2, 0.25) is 0 Å². The molecule has 0 saturated heterocycles. The van der Waals surface area contributed by atoms with Crippen LogP contribution in [0.4, 0.5) is 5.82 Å². The number of ether oxygens (including phenoxy) is 1. The topological polar surface area (TPSA) is 60.2 Å². The van der Waals surface area contributed by atoms with Crippen molar-refractivity contribution in [1.82, 2.24) is 4.98 Å². The van der Waals surface area contributed by atoms with E-state index in [9.17, 15) is 0 Å². The standard InChI is InChI=1S/C14H21N3OS/c1-3-18-9(2)8-16-14-11(13(15)19)7-10-5-4-6-12(10)17-14/h7,9H,3-6,8H2,1-2H3,(H2,15,19)(H,16,17). The molecule has 3 N–H and O–H groups in total. The van der Waals surface area contributed by atoms with Gasteiger partial charge in [-0.05, 0) is 44.7 Å². The van der Waals surface area contributed by atoms with Crippen LogP contribution in [-0.2, 0) is 17.6 Å². The molecule has 4 nitrogen and oxygen atoms in total. The van der Waals surface area contributed by atoms with Gasteiger partial charge in [-0.15, -0.1) is 0 Å². The first-order valence-electron chi connectivity index (χ1n) is 6.80. The summed E-state index contributed by atoms with van der Waals surface area (Å²) in [6, 6.07) is 2.09. The summed E-state index contributed by atoms with van der Waals surface area (Å²) < 4.78 is 5.50. The van der Waals surface area contributed by atoms with Gasteiger partial charge in [-0.25, -0.2) is 4.98 Å². The Bertz CT molecular complexity index is 476. The summed E-state index contributed by atoms with van der Waals surface area (Å²) in [4.78, 5) is 5.07. The third-order valence-corrected chi connectivity index (χ3v) is 3.54. The first-order valence-corrected chi connectivity index (χ1v) is 7.20. The van der Waals surface area contributed by atoms with Gasteiger partial charge in [-0.1, -0.05) is 12.2 Å². The predicted octanol–water partition coefficient (Wildman–Crippen LogP) is 2.04. The molecule has 0 bridgehead atoms. The summed E-state index contributed by atoms with van der Waals surface area (Å²) in [6.45, 7) is 5.44. The third kappa shape index (κ3) is 3.42. The summed E-state index contributed by atoms with van der Waals surface area (Å²) >= 11 is 5.12. The van der Waals surface area contributed by atoms with Crippen LogP contribution < -0.4 is 11.1 Å². The predicted molar refractivity (Wildman–Crippen MR) is 81.7 cm³/mol. The number of aromatic nitrogens is 1. The van der Waals surface area contributed by atoms with E-state index in [4.69, 9.17) is 22.7 Å². The number of nitrogens with zero attached hydrogens (tertiary/aromatic N) is 1. The maximum atomic E-state index is 5.79. The molecular formula is C14H21N3OS. The lowest BCUT2D eigenvalue weighted by Crippen LogP contribution is -2.23. The molecule has 1 heterocycles. The van der Waals surface area contributed by atoms with Crippen molar-refractivity contribution in [2.75, 3.05) is 18.5 Å². The minimum atomic E-state index is 0.138. The summed E-state index contributed by atoms with van der Waals surface area (Å²) in [5, 5.41) is 3.31. The highest BCUT2D eigenvalue weighted by Crippen LogP contribution is 2.25. The third-order valence-electron chi connectivity index (χ3n) is 3.32. The van der Waals surface area contributed by atoms with E-state index in [1.807, 2.05) is 13.8 Å². The molecule has 1 aliphatic rings. The number of thiocarbonyl (C=S) groups is 1. The number of rotatable bonds is 6. The number of anilines is 1. The average Bonchev–Trinajstić information content (AvgIpc) is 2.82. The summed E-state index contributed by atoms with van der Waals surface area (Å²) in [6.07, 6.45) is 3.42. The lowest BCUT2D eigenvalue weighted by Gasteiger charge is -2.16. The molecule has 0 fully saturated rings. The number of fused-ring (bicyclic) bond motifs is 1. The fraction of sp³-hybridized carbons (Fsp3) is 0.571. The molecule has 0 radical (unpaired) electrons. The van der Waals surface area contributed by atoms with Crippen LogP contribution in [-0.4, -0.2) is 29.2 Å². The molecule has 104 valence electrons. The second kappa shape index (κ2) is 6.30. The molecule has 0 amide bonds. The van der Waals surface area contributed by atoms with Crippen molar-refractivity contribution in [2.24, 2.45) is 5.73 Å². The fourth-order valence-corrected chi connectivity index (χ4v) is 2.53. The van der Waals surface area contributed by atoms with Crippen molar-refractivity contribution < 1.29 is 4.74 Å². The normalized spacial score (nSPS) is 15.1. The number of pyridine rings is 1. The molecule has 0 saturated carbocycles. The van der Waals surface area contributed by atoms with Crippen molar-refractivity contribution in [2.45, 2.75) is 39.2 Å². The van der Waals surface area contributed by atoms with E-state index < -0.39 is 0 Å². The molecular weight excluding hydrogens is 258 g/mol. The Morgan fingerprint density at radius 3 is 3.05 bits per heavy atom. The maximum absolute atomic E-state index is 5.79. The zero-order chi connectivity index (χ0) is 13.8. The highest BCUT2D eigenvalue weighted by Gasteiger charge is 2.17. The summed E-state index contributed by atoms with van der Waals surface area (Å²) in [7, 11) is 0. The van der Waals surface area contributed by atoms with Crippen LogP contribution in [0, 0.1) is 0 Å². The zero-order valence-electron chi connectivity index (χ0n) is 11.5. The van der Waals surface area contributed by atoms with Crippen molar-refractivity contribution in [1.29, 1.82) is 0 Å². The fourth-order valence-electron chi connectivity index (χ4n) is 2.38. The first kappa shape index (κ1) is 14.2. The monoisotopic (exact) mass is 279 g/mol. The van der Waals surface area contributed by atoms with Crippen molar-refractivity contribution in [3.63, 3.8) is 0 Å². The second-order valence-electron chi connectivity index (χ2n) is 4.86. The van der Waals surface area contributed by atoms with Crippen LogP contribution >= 0.6 is 12.2 Å². The van der Waals surface area contributed by atoms with Gasteiger partial charge in [-0.3, -0.25) is 0 Å². The van der Waals surface area contributed by atoms with Crippen LogP contribution in [0.25, 0.3) is 0 Å². The summed E-state index contributed by atoms with van der Waals surface area (Å²) in [5.41, 5.74) is 9.10. The Morgan fingerprint density at radius 1 is 1.58 bits per heavy atom. The van der Waals surface area contributed by atoms with E-state index in [0.29, 0.717) is 18.1 Å². The molecule has 1 unspecified atom stereocenters. The SMILES string of the molecule is CCOC(C)CNc1nc2c(cc1C(N)=S)CCC2. The van der Waals surface area contributed by atoms with Gasteiger partial charge in [-0.2, -0.15) is 0 Å². The number of hydrogen-bond donors (Lipinski definition) is 2. The van der Waals surface area contributed by atoms with E-state index >= 15 is 0 Å². The largest absolute Gasteiger partial charge is 0.389 e. The molecule has 0 aromatic carbocycles. The number of hydrogen-bond acceptors (Lipinski definition) is 4. The van der Waals surface area contributed by atoms with Gasteiger partial charge in [0.25, 0.3) is 0 Å². The Balaban J connectivity index is 2.16. The van der Waals surface area contributed by atoms with E-state index in [1.54, 1.807) is 0 Å². The van der Waals surface area contributed by atoms with Gasteiger partial charge >= 0.3 is 0 Å². The van der Waals surface area contributed by atoms with Crippen molar-refractivity contribution in [3.8, 4) is 0 Å². The van der Waals surface area contributed by atoms with Crippen LogP contribution in [0.1, 0.15) is 37.1 Å². The van der Waals surface area contributed by atoms with Gasteiger partial charge in [0.1, 0.15) is 10.8 Å². The van der Waals surface area contributed by atoms with Crippen molar-refractivity contribution >= 4 is 23.0 Å². The first-order chi connectivity index (χ1) is 9.11. The van der Waals surface area contributed by atoms with Crippen molar-refractivity contribution in [3.05, 3.63) is 22.9 Å². The minimum absolute atomic E-state index is 0.138. The molecule has 5 heteroatoms. The Labute approximate surface area is 119 Å². The number of aryl methyl sites for hydroxylation is 2. The Hall–Kier alpha value is -1.20. The molecule has 0 aliphatic heterocycles. The van der Waals surface area contributed by atoms with E-state index in [1.165, 1.54) is 11.3 Å². The molecule has 1 aromatic heterocycles. The maximum Gasteiger partial charge on any atom is 0.136 e. The highest BCUT2D eigenvalue weighted by atomic mass is 32.1. The van der Waals surface area contributed by atoms with Gasteiger partial charge in [0.05, 0.1) is 11.7 Å². The molecule has 1 atom stereocenters. The lowest BCUT2D eigenvalue weighted by atomic mass is 10.1. The highest BCUT2D eigenvalue weighted by molar-refractivity contribution is 7.80. The van der Waals surface area contributed by atoms with Crippen LogP contribution in [0.5, 0.6) is 0 Å². The zero-order valence-corrected chi connectivity index (χ0v) is 12.3. The summed E-state index contributed by atoms with van der Waals surface area (Å²) in [5.74, 6) is 0.791. The molecule has 1 aromatic rings. The average molecular weight is 279 g/mol. The van der Waals surface area contributed by atoms with Gasteiger partial charge < -0.3 is 15.8 Å². The number of nitrogens with one attached hydrogen (secondary N) is 1. The van der Waals surface area contributed by atoms with Gasteiger partial charge in [0.15, 0.2) is 0 Å². The lowest BCUT2D eigenvalue weighted by molar-refractivity contribution is 0.0855. The smallest absolute Gasteiger partial charge is 0.136 e. The molecule has 19 heavy (non-hydrogen) atoms. The molecule has 2 rings (SSSR count). The minimum Gasteiger partial charge on any atom is -0.389 e. The Morgan fingerprint density at radius 2 is 2.37 bits per heavy atom. The molecule has 1 aliphatic carbocycles. The number of nitrogens with two attached hydrogens (primary N) is 1. The quantitative estimate of drug-likeness (QED) is 0.780. The van der Waals surface area contributed by atoms with E-state index in [-0.39, 0.29) is 6.10 Å². The van der Waals surface area contributed by atoms with Crippen LogP contribution in [0.2, 0.25) is 0 Å². The van der Waals surface area contributed by atoms with Crippen LogP contribution in [0.3, 0.4) is 0 Å².